The van der Waals surface area contributed by atoms with Crippen LogP contribution in [0.4, 0.5) is 18.9 Å². The first-order valence-electron chi connectivity index (χ1n) is 6.22. The van der Waals surface area contributed by atoms with Gasteiger partial charge in [-0.05, 0) is 38.1 Å². The number of benzene rings is 1. The zero-order valence-corrected chi connectivity index (χ0v) is 12.9. The van der Waals surface area contributed by atoms with Gasteiger partial charge >= 0.3 is 6.18 Å². The molecule has 2 aromatic rings. The van der Waals surface area contributed by atoms with Gasteiger partial charge in [0.2, 0.25) is 0 Å². The van der Waals surface area contributed by atoms with E-state index in [4.69, 9.17) is 0 Å². The minimum atomic E-state index is -4.46. The van der Waals surface area contributed by atoms with Gasteiger partial charge in [0, 0.05) is 12.7 Å². The largest absolute Gasteiger partial charge is 0.416 e. The molecule has 0 aliphatic heterocycles. The lowest BCUT2D eigenvalue weighted by Crippen LogP contribution is -2.15. The van der Waals surface area contributed by atoms with E-state index in [0.29, 0.717) is 11.4 Å². The van der Waals surface area contributed by atoms with Crippen molar-refractivity contribution in [1.82, 2.24) is 9.78 Å². The van der Waals surface area contributed by atoms with Crippen LogP contribution in [0.1, 0.15) is 17.0 Å². The zero-order chi connectivity index (χ0) is 16.7. The second kappa shape index (κ2) is 5.31. The van der Waals surface area contributed by atoms with Crippen LogP contribution in [-0.2, 0) is 23.2 Å². The van der Waals surface area contributed by atoms with Crippen molar-refractivity contribution in [2.75, 3.05) is 4.72 Å². The monoisotopic (exact) mass is 333 g/mol. The third-order valence-electron chi connectivity index (χ3n) is 3.18. The van der Waals surface area contributed by atoms with Crippen molar-refractivity contribution in [3.05, 3.63) is 41.2 Å². The number of hydrogen-bond donors (Lipinski definition) is 1. The van der Waals surface area contributed by atoms with Gasteiger partial charge in [-0.1, -0.05) is 0 Å². The van der Waals surface area contributed by atoms with Gasteiger partial charge in [-0.2, -0.15) is 18.3 Å². The molecule has 0 fully saturated rings. The lowest BCUT2D eigenvalue weighted by Gasteiger charge is -2.10. The Morgan fingerprint density at radius 3 is 2.09 bits per heavy atom. The van der Waals surface area contributed by atoms with Crippen molar-refractivity contribution < 1.29 is 21.6 Å². The molecule has 5 nitrogen and oxygen atoms in total. The van der Waals surface area contributed by atoms with Crippen LogP contribution in [0.5, 0.6) is 0 Å². The van der Waals surface area contributed by atoms with E-state index in [0.717, 1.165) is 24.3 Å². The molecular weight excluding hydrogens is 319 g/mol. The number of aromatic nitrogens is 2. The molecule has 1 N–H and O–H groups in total. The molecule has 0 aliphatic rings. The summed E-state index contributed by atoms with van der Waals surface area (Å²) in [7, 11) is -2.31. The van der Waals surface area contributed by atoms with Crippen LogP contribution in [0.3, 0.4) is 0 Å². The standard InChI is InChI=1S/C13H14F3N3O2S/c1-8-12(9(2)19(3)17-8)22(20,21)18-11-6-4-10(5-7-11)13(14,15)16/h4-7,18H,1-3H3. The molecule has 0 saturated heterocycles. The summed E-state index contributed by atoms with van der Waals surface area (Å²) in [6.45, 7) is 3.15. The number of nitrogens with zero attached hydrogens (tertiary/aromatic N) is 2. The molecule has 1 heterocycles. The summed E-state index contributed by atoms with van der Waals surface area (Å²) in [6, 6.07) is 3.78. The van der Waals surface area contributed by atoms with Crippen LogP contribution in [0, 0.1) is 13.8 Å². The van der Waals surface area contributed by atoms with Gasteiger partial charge < -0.3 is 0 Å². The number of rotatable bonds is 3. The zero-order valence-electron chi connectivity index (χ0n) is 12.1. The first kappa shape index (κ1) is 16.3. The smallest absolute Gasteiger partial charge is 0.280 e. The molecule has 9 heteroatoms. The Balaban J connectivity index is 2.33. The maximum absolute atomic E-state index is 12.5. The van der Waals surface area contributed by atoms with E-state index in [9.17, 15) is 21.6 Å². The predicted octanol–water partition coefficient (Wildman–Crippen LogP) is 2.86. The third kappa shape index (κ3) is 3.08. The normalized spacial score (nSPS) is 12.5. The Bertz CT molecular complexity index is 793. The SMILES string of the molecule is Cc1nn(C)c(C)c1S(=O)(=O)Nc1ccc(C(F)(F)F)cc1. The molecular formula is C13H14F3N3O2S. The molecule has 0 atom stereocenters. The highest BCUT2D eigenvalue weighted by Gasteiger charge is 2.30. The van der Waals surface area contributed by atoms with E-state index in [1.54, 1.807) is 20.9 Å². The highest BCUT2D eigenvalue weighted by molar-refractivity contribution is 7.92. The fraction of sp³-hybridized carbons (Fsp3) is 0.308. The minimum Gasteiger partial charge on any atom is -0.280 e. The van der Waals surface area contributed by atoms with Crippen LogP contribution < -0.4 is 4.72 Å². The minimum absolute atomic E-state index is 0.0231. The van der Waals surface area contributed by atoms with Crippen LogP contribution in [0.25, 0.3) is 0 Å². The van der Waals surface area contributed by atoms with E-state index in [1.807, 2.05) is 0 Å². The summed E-state index contributed by atoms with van der Waals surface area (Å²) in [6.07, 6.45) is -4.46. The Morgan fingerprint density at radius 1 is 1.14 bits per heavy atom. The molecule has 0 saturated carbocycles. The van der Waals surface area contributed by atoms with Crippen LogP contribution in [0.2, 0.25) is 0 Å². The average molecular weight is 333 g/mol. The molecule has 2 rings (SSSR count). The van der Waals surface area contributed by atoms with Gasteiger partial charge in [0.1, 0.15) is 4.90 Å². The Labute approximate surface area is 125 Å². The molecule has 0 amide bonds. The average Bonchev–Trinajstić information content (AvgIpc) is 2.62. The molecule has 1 aromatic heterocycles. The highest BCUT2D eigenvalue weighted by atomic mass is 32.2. The number of hydrogen-bond acceptors (Lipinski definition) is 3. The lowest BCUT2D eigenvalue weighted by atomic mass is 10.2. The first-order valence-corrected chi connectivity index (χ1v) is 7.71. The Morgan fingerprint density at radius 2 is 1.68 bits per heavy atom. The van der Waals surface area contributed by atoms with Crippen LogP contribution in [-0.4, -0.2) is 18.2 Å². The van der Waals surface area contributed by atoms with Crippen molar-refractivity contribution in [2.45, 2.75) is 24.9 Å². The third-order valence-corrected chi connectivity index (χ3v) is 4.81. The van der Waals surface area contributed by atoms with Gasteiger partial charge in [0.15, 0.2) is 0 Å². The number of nitrogens with one attached hydrogen (secondary N) is 1. The van der Waals surface area contributed by atoms with Gasteiger partial charge in [-0.3, -0.25) is 9.40 Å². The summed E-state index contributed by atoms with van der Waals surface area (Å²) < 4.78 is 65.8. The van der Waals surface area contributed by atoms with Crippen molar-refractivity contribution in [3.8, 4) is 0 Å². The van der Waals surface area contributed by atoms with Gasteiger partial charge in [0.05, 0.1) is 17.0 Å². The van der Waals surface area contributed by atoms with Crippen LogP contribution in [0.15, 0.2) is 29.2 Å². The van der Waals surface area contributed by atoms with Gasteiger partial charge in [0.25, 0.3) is 10.0 Å². The molecule has 0 aliphatic carbocycles. The van der Waals surface area contributed by atoms with Crippen molar-refractivity contribution in [1.29, 1.82) is 0 Å². The molecule has 0 radical (unpaired) electrons. The number of aryl methyl sites for hydroxylation is 2. The summed E-state index contributed by atoms with van der Waals surface area (Å²) in [5.41, 5.74) is -0.0313. The summed E-state index contributed by atoms with van der Waals surface area (Å²) in [5.74, 6) is 0. The van der Waals surface area contributed by atoms with Gasteiger partial charge in [-0.15, -0.1) is 0 Å². The maximum atomic E-state index is 12.5. The quantitative estimate of drug-likeness (QED) is 0.939. The Hall–Kier alpha value is -2.03. The van der Waals surface area contributed by atoms with Crippen molar-refractivity contribution in [2.24, 2.45) is 7.05 Å². The van der Waals surface area contributed by atoms with E-state index < -0.39 is 21.8 Å². The first-order chi connectivity index (χ1) is 10.0. The second-order valence-electron chi connectivity index (χ2n) is 4.80. The second-order valence-corrected chi connectivity index (χ2v) is 6.42. The molecule has 120 valence electrons. The summed E-state index contributed by atoms with van der Waals surface area (Å²) >= 11 is 0. The summed E-state index contributed by atoms with van der Waals surface area (Å²) in [5, 5.41) is 4.01. The van der Waals surface area contributed by atoms with Crippen molar-refractivity contribution >= 4 is 15.7 Å². The molecule has 0 bridgehead atoms. The topological polar surface area (TPSA) is 64.0 Å². The number of anilines is 1. The fourth-order valence-corrected chi connectivity index (χ4v) is 3.58. The van der Waals surface area contributed by atoms with Gasteiger partial charge in [-0.25, -0.2) is 8.42 Å². The number of alkyl halides is 3. The predicted molar refractivity (Wildman–Crippen MR) is 74.9 cm³/mol. The fourth-order valence-electron chi connectivity index (χ4n) is 2.08. The number of sulfonamides is 1. The molecule has 0 spiro atoms. The van der Waals surface area contributed by atoms with Crippen LogP contribution >= 0.6 is 0 Å². The van der Waals surface area contributed by atoms with E-state index in [-0.39, 0.29) is 10.6 Å². The lowest BCUT2D eigenvalue weighted by molar-refractivity contribution is -0.137. The van der Waals surface area contributed by atoms with E-state index in [1.165, 1.54) is 4.68 Å². The number of halogens is 3. The molecule has 0 unspecified atom stereocenters. The molecule has 22 heavy (non-hydrogen) atoms. The van der Waals surface area contributed by atoms with E-state index in [2.05, 4.69) is 9.82 Å². The maximum Gasteiger partial charge on any atom is 0.416 e. The summed E-state index contributed by atoms with van der Waals surface area (Å²) in [4.78, 5) is 0.0231. The molecule has 1 aromatic carbocycles. The van der Waals surface area contributed by atoms with Crippen molar-refractivity contribution in [3.63, 3.8) is 0 Å². The van der Waals surface area contributed by atoms with E-state index >= 15 is 0 Å². The highest BCUT2D eigenvalue weighted by Crippen LogP contribution is 2.30. The Kier molecular flexibility index (Phi) is 3.94.